The van der Waals surface area contributed by atoms with Crippen LogP contribution in [0.5, 0.6) is 11.5 Å². The van der Waals surface area contributed by atoms with E-state index in [1.165, 1.54) is 0 Å². The number of carbonyl (C=O) groups excluding carboxylic acids is 1. The number of para-hydroxylation sites is 1. The van der Waals surface area contributed by atoms with Crippen molar-refractivity contribution in [2.75, 3.05) is 20.6 Å². The minimum Gasteiger partial charge on any atom is -0.456 e. The molecule has 0 radical (unpaired) electrons. The van der Waals surface area contributed by atoms with Crippen LogP contribution >= 0.6 is 11.6 Å². The molecule has 0 aliphatic carbocycles. The van der Waals surface area contributed by atoms with E-state index in [0.29, 0.717) is 23.7 Å². The summed E-state index contributed by atoms with van der Waals surface area (Å²) in [6.07, 6.45) is 0.453. The Bertz CT molecular complexity index is 774. The van der Waals surface area contributed by atoms with Crippen LogP contribution < -0.4 is 10.1 Å². The number of fused-ring (bicyclic) bond motifs is 2. The Morgan fingerprint density at radius 1 is 1.25 bits per heavy atom. The van der Waals surface area contributed by atoms with E-state index in [2.05, 4.69) is 5.32 Å². The molecule has 0 aromatic heterocycles. The summed E-state index contributed by atoms with van der Waals surface area (Å²) in [5.74, 6) is 1.51. The zero-order valence-corrected chi connectivity index (χ0v) is 14.9. The van der Waals surface area contributed by atoms with Gasteiger partial charge in [0, 0.05) is 29.1 Å². The third kappa shape index (κ3) is 3.40. The molecule has 0 saturated heterocycles. The summed E-state index contributed by atoms with van der Waals surface area (Å²) in [6.45, 7) is 2.71. The predicted molar refractivity (Wildman–Crippen MR) is 95.9 cm³/mol. The normalized spacial score (nSPS) is 15.5. The Balaban J connectivity index is 1.96. The Morgan fingerprint density at radius 2 is 2.04 bits per heavy atom. The highest BCUT2D eigenvalue weighted by Crippen LogP contribution is 2.45. The van der Waals surface area contributed by atoms with Crippen molar-refractivity contribution in [2.24, 2.45) is 0 Å². The molecular weight excluding hydrogens is 324 g/mol. The number of benzene rings is 2. The topological polar surface area (TPSA) is 41.6 Å². The van der Waals surface area contributed by atoms with Crippen LogP contribution in [0.2, 0.25) is 5.02 Å². The molecule has 0 fully saturated rings. The molecule has 1 aliphatic heterocycles. The highest BCUT2D eigenvalue weighted by Gasteiger charge is 2.29. The van der Waals surface area contributed by atoms with Gasteiger partial charge in [-0.2, -0.15) is 0 Å². The molecule has 1 atom stereocenters. The Kier molecular flexibility index (Phi) is 4.78. The van der Waals surface area contributed by atoms with Crippen molar-refractivity contribution in [3.8, 4) is 11.5 Å². The summed E-state index contributed by atoms with van der Waals surface area (Å²) in [5, 5.41) is 3.76. The molecule has 0 saturated carbocycles. The van der Waals surface area contributed by atoms with Gasteiger partial charge in [-0.25, -0.2) is 0 Å². The predicted octanol–water partition coefficient (Wildman–Crippen LogP) is 3.91. The average Bonchev–Trinajstić information content (AvgIpc) is 2.53. The Labute approximate surface area is 147 Å². The number of rotatable bonds is 4. The largest absolute Gasteiger partial charge is 0.456 e. The van der Waals surface area contributed by atoms with Crippen molar-refractivity contribution < 1.29 is 9.53 Å². The van der Waals surface area contributed by atoms with Crippen LogP contribution in [-0.2, 0) is 4.79 Å². The van der Waals surface area contributed by atoms with Crippen molar-refractivity contribution in [1.82, 2.24) is 10.2 Å². The van der Waals surface area contributed by atoms with Crippen LogP contribution in [0.1, 0.15) is 29.2 Å². The van der Waals surface area contributed by atoms with Crippen molar-refractivity contribution in [1.29, 1.82) is 0 Å². The van der Waals surface area contributed by atoms with E-state index in [1.54, 1.807) is 6.07 Å². The monoisotopic (exact) mass is 344 g/mol. The van der Waals surface area contributed by atoms with Gasteiger partial charge in [0.1, 0.15) is 11.5 Å². The van der Waals surface area contributed by atoms with E-state index in [1.807, 2.05) is 56.3 Å². The fraction of sp³-hybridized carbons (Fsp3) is 0.316. The highest BCUT2D eigenvalue weighted by atomic mass is 35.5. The number of carbonyl (C=O) groups is 1. The lowest BCUT2D eigenvalue weighted by molar-refractivity contribution is -0.121. The molecule has 2 aromatic rings. The zero-order chi connectivity index (χ0) is 17.3. The van der Waals surface area contributed by atoms with Crippen molar-refractivity contribution >= 4 is 17.5 Å². The van der Waals surface area contributed by atoms with Crippen LogP contribution in [0.3, 0.4) is 0 Å². The number of aryl methyl sites for hydroxylation is 1. The van der Waals surface area contributed by atoms with E-state index in [-0.39, 0.29) is 11.9 Å². The SMILES string of the molecule is Cc1cccc2c1Oc1cc(Cl)ccc1C2NC(=O)CCN(C)C. The van der Waals surface area contributed by atoms with Gasteiger partial charge in [0.05, 0.1) is 6.04 Å². The van der Waals surface area contributed by atoms with E-state index in [9.17, 15) is 4.79 Å². The van der Waals surface area contributed by atoms with Gasteiger partial charge in [-0.15, -0.1) is 0 Å². The fourth-order valence-corrected chi connectivity index (χ4v) is 3.03. The molecular formula is C19H21ClN2O2. The smallest absolute Gasteiger partial charge is 0.222 e. The Hall–Kier alpha value is -2.04. The van der Waals surface area contributed by atoms with Gasteiger partial charge >= 0.3 is 0 Å². The number of nitrogens with one attached hydrogen (secondary N) is 1. The first-order valence-electron chi connectivity index (χ1n) is 7.96. The second-order valence-corrected chi connectivity index (χ2v) is 6.77. The van der Waals surface area contributed by atoms with Gasteiger partial charge in [-0.1, -0.05) is 35.9 Å². The molecule has 4 nitrogen and oxygen atoms in total. The van der Waals surface area contributed by atoms with Crippen LogP contribution in [0.4, 0.5) is 0 Å². The van der Waals surface area contributed by atoms with Gasteiger partial charge in [0.25, 0.3) is 0 Å². The van der Waals surface area contributed by atoms with Crippen LogP contribution in [-0.4, -0.2) is 31.4 Å². The molecule has 24 heavy (non-hydrogen) atoms. The number of ether oxygens (including phenoxy) is 1. The van der Waals surface area contributed by atoms with E-state index in [4.69, 9.17) is 16.3 Å². The molecule has 0 spiro atoms. The molecule has 0 bridgehead atoms. The van der Waals surface area contributed by atoms with E-state index < -0.39 is 0 Å². The average molecular weight is 345 g/mol. The summed E-state index contributed by atoms with van der Waals surface area (Å²) in [6, 6.07) is 11.3. The van der Waals surface area contributed by atoms with Crippen LogP contribution in [0.25, 0.3) is 0 Å². The second-order valence-electron chi connectivity index (χ2n) is 6.33. The molecule has 1 N–H and O–H groups in total. The van der Waals surface area contributed by atoms with Gasteiger partial charge in [-0.3, -0.25) is 4.79 Å². The first-order valence-corrected chi connectivity index (χ1v) is 8.34. The third-order valence-corrected chi connectivity index (χ3v) is 4.38. The molecule has 1 heterocycles. The summed E-state index contributed by atoms with van der Waals surface area (Å²) >= 11 is 6.11. The lowest BCUT2D eigenvalue weighted by Crippen LogP contribution is -2.33. The first kappa shape index (κ1) is 16.8. The van der Waals surface area contributed by atoms with Crippen molar-refractivity contribution in [3.63, 3.8) is 0 Å². The molecule has 126 valence electrons. The number of hydrogen-bond donors (Lipinski definition) is 1. The van der Waals surface area contributed by atoms with Gasteiger partial charge < -0.3 is 15.0 Å². The maximum atomic E-state index is 12.4. The van der Waals surface area contributed by atoms with Crippen molar-refractivity contribution in [3.05, 3.63) is 58.1 Å². The third-order valence-electron chi connectivity index (χ3n) is 4.14. The lowest BCUT2D eigenvalue weighted by Gasteiger charge is -2.30. The molecule has 1 aliphatic rings. The van der Waals surface area contributed by atoms with Crippen LogP contribution in [0.15, 0.2) is 36.4 Å². The van der Waals surface area contributed by atoms with E-state index in [0.717, 1.165) is 22.4 Å². The lowest BCUT2D eigenvalue weighted by atomic mass is 9.93. The van der Waals surface area contributed by atoms with Gasteiger partial charge in [-0.05, 0) is 38.7 Å². The number of halogens is 1. The van der Waals surface area contributed by atoms with Gasteiger partial charge in [0.2, 0.25) is 5.91 Å². The van der Waals surface area contributed by atoms with Crippen molar-refractivity contribution in [2.45, 2.75) is 19.4 Å². The summed E-state index contributed by atoms with van der Waals surface area (Å²) in [4.78, 5) is 14.4. The molecule has 3 rings (SSSR count). The summed E-state index contributed by atoms with van der Waals surface area (Å²) in [5.41, 5.74) is 2.93. The maximum absolute atomic E-state index is 12.4. The molecule has 2 aromatic carbocycles. The highest BCUT2D eigenvalue weighted by molar-refractivity contribution is 6.30. The fourth-order valence-electron chi connectivity index (χ4n) is 2.87. The zero-order valence-electron chi connectivity index (χ0n) is 14.1. The van der Waals surface area contributed by atoms with Crippen LogP contribution in [0, 0.1) is 6.92 Å². The van der Waals surface area contributed by atoms with E-state index >= 15 is 0 Å². The summed E-state index contributed by atoms with van der Waals surface area (Å²) in [7, 11) is 3.91. The molecule has 5 heteroatoms. The quantitative estimate of drug-likeness (QED) is 0.914. The first-order chi connectivity index (χ1) is 11.5. The maximum Gasteiger partial charge on any atom is 0.222 e. The Morgan fingerprint density at radius 3 is 2.79 bits per heavy atom. The molecule has 1 amide bonds. The standard InChI is InChI=1S/C19H21ClN2O2/c1-12-5-4-6-15-18(21-17(23)9-10-22(2)3)14-8-7-13(20)11-16(14)24-19(12)15/h4-8,11,18H,9-10H2,1-3H3,(H,21,23). The number of nitrogens with zero attached hydrogens (tertiary/aromatic N) is 1. The number of hydrogen-bond acceptors (Lipinski definition) is 3. The second kappa shape index (κ2) is 6.83. The minimum absolute atomic E-state index is 0.0176. The number of amides is 1. The molecule has 1 unspecified atom stereocenters. The summed E-state index contributed by atoms with van der Waals surface area (Å²) < 4.78 is 6.06. The minimum atomic E-state index is -0.226. The van der Waals surface area contributed by atoms with Gasteiger partial charge in [0.15, 0.2) is 0 Å².